The summed E-state index contributed by atoms with van der Waals surface area (Å²) < 4.78 is 241. The lowest BCUT2D eigenvalue weighted by molar-refractivity contribution is -0.385. The van der Waals surface area contributed by atoms with E-state index < -0.39 is 212 Å². The number of nitrogens with two attached hydrogens (primary N) is 1. The van der Waals surface area contributed by atoms with Gasteiger partial charge in [0.15, 0.2) is 11.5 Å². The van der Waals surface area contributed by atoms with E-state index >= 15 is 0 Å². The summed E-state index contributed by atoms with van der Waals surface area (Å²) >= 11 is 6.31. The molecular weight excluding hydrogens is 1380 g/mol. The van der Waals surface area contributed by atoms with Gasteiger partial charge in [0.1, 0.15) is 58.6 Å². The largest absolute Gasteiger partial charge is 0.505 e. The smallest absolute Gasteiger partial charge is 0.425 e. The number of anilines is 1. The monoisotopic (exact) mass is 1410 g/mol. The number of carbonyl (C=O) groups excluding carboxylic acids is 1. The SMILES string of the molecule is Nc1c(N=Nc2ccc3c(O)c(N=Nc4cc(Cl)c(N=Nc5c(OC=O)nn(-c6ccc(S(=O)(=O)O)cc6)c5O)c(S(=O)(=O)O)c4)c(S(=O)(=O)O)cc3c2S(=O)(=O)O)cc(S(=O)(=O)O)c2ccc(N=Nc3ccc([N+](=O)[O-])cc3S(=O)(=O)O)c(O)c12.O=S(=O)=O. The molecule has 0 bridgehead atoms. The van der Waals surface area contributed by atoms with Gasteiger partial charge in [0.25, 0.3) is 78.7 Å². The van der Waals surface area contributed by atoms with Gasteiger partial charge in [-0.2, -0.15) is 60.3 Å². The summed E-state index contributed by atoms with van der Waals surface area (Å²) in [6, 6.07) is 11.1. The Hall–Kier alpha value is -9.89. The van der Waals surface area contributed by atoms with E-state index in [4.69, 9.17) is 34.7 Å². The maximum absolute atomic E-state index is 13.1. The molecule has 40 nitrogen and oxygen atoms in total. The molecule has 0 atom stereocenters. The minimum Gasteiger partial charge on any atom is -0.505 e. The molecule has 0 aliphatic carbocycles. The fraction of sp³-hybridized carbons (Fsp3) is 0. The van der Waals surface area contributed by atoms with Crippen LogP contribution in [0.25, 0.3) is 27.2 Å². The molecule has 8 aromatic rings. The first kappa shape index (κ1) is 67.6. The molecule has 11 N–H and O–H groups in total. The number of carbonyl (C=O) groups is 1. The number of nitrogen functional groups attached to an aromatic ring is 1. The van der Waals surface area contributed by atoms with Gasteiger partial charge in [0.2, 0.25) is 11.6 Å². The highest BCUT2D eigenvalue weighted by Crippen LogP contribution is 2.49. The minimum atomic E-state index is -5.71. The van der Waals surface area contributed by atoms with Gasteiger partial charge >= 0.3 is 10.6 Å². The van der Waals surface area contributed by atoms with E-state index in [-0.39, 0.29) is 12.2 Å². The first-order chi connectivity index (χ1) is 41.5. The number of rotatable bonds is 18. The summed E-state index contributed by atoms with van der Waals surface area (Å²) in [7, 11) is -35.2. The van der Waals surface area contributed by atoms with Gasteiger partial charge in [-0.3, -0.25) is 42.2 Å². The van der Waals surface area contributed by atoms with Gasteiger partial charge < -0.3 is 25.8 Å². The van der Waals surface area contributed by atoms with Crippen LogP contribution < -0.4 is 10.5 Å². The molecule has 7 aromatic carbocycles. The summed E-state index contributed by atoms with van der Waals surface area (Å²) in [6.07, 6.45) is 0. The average Bonchev–Trinajstić information content (AvgIpc) is 0.853. The maximum atomic E-state index is 13.1. The standard InChI is InChI=1S/C42H27ClN12O25S6.O3S/c43-24-11-17(12-31(84(71,72)73)35(24)50-52-37-41(80-16-56)53-54(42(37)59)18-1-4-20(5-2-18)81(62,63)64)45-51-36-32(85(74,75)76)14-23-21(38(36)57)6-10-27(40(23)86(77,78)79)48-49-28-15-29(82(65,66)67)22-7-9-26(39(58)33(22)34(28)44)47-46-25-8-3-19(55(60)61)13-30(25)83(68,69)70;1-4(2)3/h1-16,57-59H,44H2,(H,62,63,64)(H,65,66,67)(H,68,69,70)(H,71,72,73)(H,74,75,76)(H,77,78,79);. The molecule has 48 heteroatoms. The van der Waals surface area contributed by atoms with Crippen LogP contribution in [0.2, 0.25) is 5.02 Å². The Bertz CT molecular complexity index is 5400. The normalized spacial score (nSPS) is 12.7. The number of nitrogens with zero attached hydrogens (tertiary/aromatic N) is 11. The predicted octanol–water partition coefficient (Wildman–Crippen LogP) is 7.11. The minimum absolute atomic E-state index is 0.135. The number of aromatic hydroxyl groups is 3. The number of hydrogen-bond acceptors (Lipinski definition) is 32. The molecule has 472 valence electrons. The highest BCUT2D eigenvalue weighted by molar-refractivity contribution is 7.87. The molecule has 0 saturated carbocycles. The lowest BCUT2D eigenvalue weighted by Gasteiger charge is -2.13. The van der Waals surface area contributed by atoms with Crippen LogP contribution in [0.5, 0.6) is 23.3 Å². The van der Waals surface area contributed by atoms with E-state index in [2.05, 4.69) is 46.0 Å². The lowest BCUT2D eigenvalue weighted by atomic mass is 10.1. The third-order valence-corrected chi connectivity index (χ3v) is 16.9. The number of fused-ring (bicyclic) bond motifs is 2. The second kappa shape index (κ2) is 24.9. The lowest BCUT2D eigenvalue weighted by Crippen LogP contribution is -2.03. The molecule has 0 aliphatic rings. The van der Waals surface area contributed by atoms with E-state index in [1.54, 1.807) is 0 Å². The van der Waals surface area contributed by atoms with Crippen molar-refractivity contribution in [2.24, 2.45) is 40.9 Å². The molecule has 8 rings (SSSR count). The van der Waals surface area contributed by atoms with Crippen LogP contribution in [0.1, 0.15) is 0 Å². The van der Waals surface area contributed by atoms with Crippen molar-refractivity contribution in [2.75, 3.05) is 5.73 Å². The van der Waals surface area contributed by atoms with Crippen LogP contribution in [-0.4, -0.2) is 127 Å². The van der Waals surface area contributed by atoms with Crippen LogP contribution in [-0.2, 0) is 76.1 Å². The molecule has 0 unspecified atom stereocenters. The number of phenolic OH excluding ortho intramolecular Hbond substituents is 2. The Morgan fingerprint density at radius 3 is 1.61 bits per heavy atom. The number of nitro benzene ring substituents is 1. The van der Waals surface area contributed by atoms with Gasteiger partial charge in [-0.1, -0.05) is 17.7 Å². The molecule has 90 heavy (non-hydrogen) atoms. The molecule has 0 fully saturated rings. The van der Waals surface area contributed by atoms with Crippen molar-refractivity contribution >= 4 is 168 Å². The zero-order valence-electron chi connectivity index (χ0n) is 42.8. The number of aromatic nitrogens is 2. The van der Waals surface area contributed by atoms with E-state index in [0.717, 1.165) is 60.7 Å². The topological polar surface area (TPSA) is 650 Å². The molecule has 1 aromatic heterocycles. The van der Waals surface area contributed by atoms with E-state index in [0.29, 0.717) is 35.0 Å². The molecule has 0 radical (unpaired) electrons. The molecule has 1 heterocycles. The summed E-state index contributed by atoms with van der Waals surface area (Å²) in [5, 5.41) is 74.0. The summed E-state index contributed by atoms with van der Waals surface area (Å²) in [4.78, 5) is 14.6. The Kier molecular flexibility index (Phi) is 18.7. The molecule has 0 saturated heterocycles. The number of nitro groups is 1. The summed E-state index contributed by atoms with van der Waals surface area (Å²) in [5.41, 5.74) is -2.32. The van der Waals surface area contributed by atoms with Gasteiger partial charge in [0, 0.05) is 28.3 Å². The number of azo groups is 4. The van der Waals surface area contributed by atoms with Crippen molar-refractivity contribution in [1.82, 2.24) is 9.78 Å². The first-order valence-electron chi connectivity index (χ1n) is 22.4. The number of halogens is 1. The quantitative estimate of drug-likeness (QED) is 0.0102. The number of phenols is 2. The van der Waals surface area contributed by atoms with Crippen molar-refractivity contribution in [1.29, 1.82) is 0 Å². The van der Waals surface area contributed by atoms with Crippen molar-refractivity contribution in [3.63, 3.8) is 0 Å². The van der Waals surface area contributed by atoms with Gasteiger partial charge in [0.05, 0.1) is 37.3 Å². The van der Waals surface area contributed by atoms with Crippen molar-refractivity contribution in [3.8, 4) is 28.9 Å². The Morgan fingerprint density at radius 2 is 1.06 bits per heavy atom. The number of ether oxygens (including phenoxy) is 1. The number of hydrogen-bond donors (Lipinski definition) is 10. The second-order valence-electron chi connectivity index (χ2n) is 16.9. The highest BCUT2D eigenvalue weighted by atomic mass is 35.5. The maximum Gasteiger partial charge on any atom is 0.425 e. The average molecular weight is 1410 g/mol. The fourth-order valence-electron chi connectivity index (χ4n) is 7.64. The Morgan fingerprint density at radius 1 is 0.544 bits per heavy atom. The van der Waals surface area contributed by atoms with Crippen LogP contribution in [0.15, 0.2) is 161 Å². The number of benzene rings is 7. The van der Waals surface area contributed by atoms with Crippen molar-refractivity contribution in [3.05, 3.63) is 106 Å². The number of non-ortho nitro benzene ring substituents is 1. The van der Waals surface area contributed by atoms with E-state index in [1.807, 2.05) is 0 Å². The molecular formula is C42H27ClN12O28S7. The van der Waals surface area contributed by atoms with Gasteiger partial charge in [-0.15, -0.1) is 53.5 Å². The van der Waals surface area contributed by atoms with Crippen molar-refractivity contribution < 1.29 is 120 Å². The highest BCUT2D eigenvalue weighted by Gasteiger charge is 2.30. The third-order valence-electron chi connectivity index (χ3n) is 11.3. The zero-order valence-corrected chi connectivity index (χ0v) is 49.2. The zero-order chi connectivity index (χ0) is 67.1. The van der Waals surface area contributed by atoms with Crippen LogP contribution in [0, 0.1) is 10.1 Å². The van der Waals surface area contributed by atoms with E-state index in [9.17, 15) is 108 Å². The summed E-state index contributed by atoms with van der Waals surface area (Å²) in [5.74, 6) is -4.23. The Balaban J connectivity index is 0.00000279. The second-order valence-corrected chi connectivity index (χ2v) is 26.0. The van der Waals surface area contributed by atoms with Crippen molar-refractivity contribution in [2.45, 2.75) is 29.4 Å². The van der Waals surface area contributed by atoms with Crippen LogP contribution in [0.4, 0.5) is 56.9 Å². The molecule has 0 spiro atoms. The predicted molar refractivity (Wildman–Crippen MR) is 297 cm³/mol. The first-order valence-corrected chi connectivity index (χ1v) is 32.4. The fourth-order valence-corrected chi connectivity index (χ4v) is 11.9. The summed E-state index contributed by atoms with van der Waals surface area (Å²) in [6.45, 7) is -0.183. The molecule has 0 amide bonds. The van der Waals surface area contributed by atoms with Gasteiger partial charge in [-0.25, -0.2) is 0 Å². The Labute approximate surface area is 506 Å². The van der Waals surface area contributed by atoms with E-state index in [1.165, 1.54) is 0 Å². The van der Waals surface area contributed by atoms with Crippen LogP contribution >= 0.6 is 11.6 Å². The van der Waals surface area contributed by atoms with Gasteiger partial charge in [-0.05, 0) is 72.8 Å². The molecule has 0 aliphatic heterocycles. The third kappa shape index (κ3) is 14.6. The van der Waals surface area contributed by atoms with Crippen LogP contribution in [0.3, 0.4) is 0 Å².